The zero-order valence-corrected chi connectivity index (χ0v) is 14.3. The minimum absolute atomic E-state index is 0.0133. The van der Waals surface area contributed by atoms with Gasteiger partial charge in [-0.1, -0.05) is 28.1 Å². The number of hydrogen-bond acceptors (Lipinski definition) is 2. The van der Waals surface area contributed by atoms with Crippen molar-refractivity contribution in [1.82, 2.24) is 9.88 Å². The maximum absolute atomic E-state index is 12.8. The second-order valence-electron chi connectivity index (χ2n) is 4.97. The molecule has 3 aromatic rings. The zero-order chi connectivity index (χ0) is 15.5. The Balaban J connectivity index is 1.88. The van der Waals surface area contributed by atoms with Crippen molar-refractivity contribution in [2.75, 3.05) is 6.54 Å². The largest absolute Gasteiger partial charge is 0.351 e. The van der Waals surface area contributed by atoms with Crippen LogP contribution in [0.3, 0.4) is 0 Å². The lowest BCUT2D eigenvalue weighted by Crippen LogP contribution is -2.30. The predicted octanol–water partition coefficient (Wildman–Crippen LogP) is 4.82. The number of H-pyrrole nitrogens is 1. The first kappa shape index (κ1) is 15.1. The zero-order valence-electron chi connectivity index (χ0n) is 11.9. The second kappa shape index (κ2) is 6.50. The summed E-state index contributed by atoms with van der Waals surface area (Å²) in [6.07, 6.45) is 1.75. The fourth-order valence-electron chi connectivity index (χ4n) is 2.35. The molecule has 0 fully saturated rings. The summed E-state index contributed by atoms with van der Waals surface area (Å²) < 4.78 is 1.000. The summed E-state index contributed by atoms with van der Waals surface area (Å²) in [4.78, 5) is 18.9. The highest BCUT2D eigenvalue weighted by molar-refractivity contribution is 9.10. The van der Waals surface area contributed by atoms with Gasteiger partial charge in [-0.2, -0.15) is 0 Å². The number of carbonyl (C=O) groups is 1. The van der Waals surface area contributed by atoms with Crippen molar-refractivity contribution >= 4 is 44.1 Å². The van der Waals surface area contributed by atoms with Crippen molar-refractivity contribution in [2.45, 2.75) is 6.54 Å². The van der Waals surface area contributed by atoms with Crippen LogP contribution in [-0.2, 0) is 6.54 Å². The molecule has 0 saturated carbocycles. The van der Waals surface area contributed by atoms with Gasteiger partial charge in [-0.15, -0.1) is 17.9 Å². The highest BCUT2D eigenvalue weighted by Gasteiger charge is 2.17. The van der Waals surface area contributed by atoms with Crippen LogP contribution in [0.5, 0.6) is 0 Å². The number of nitrogens with zero attached hydrogens (tertiary/aromatic N) is 1. The first-order valence-electron chi connectivity index (χ1n) is 6.88. The minimum Gasteiger partial charge on any atom is -0.351 e. The second-order valence-corrected chi connectivity index (χ2v) is 6.92. The first-order chi connectivity index (χ1) is 10.7. The number of halogens is 1. The third-order valence-electron chi connectivity index (χ3n) is 3.38. The van der Waals surface area contributed by atoms with E-state index in [1.54, 1.807) is 22.3 Å². The maximum Gasteiger partial charge on any atom is 0.270 e. The van der Waals surface area contributed by atoms with Crippen LogP contribution in [0.4, 0.5) is 0 Å². The molecule has 0 aliphatic carbocycles. The number of aromatic nitrogens is 1. The van der Waals surface area contributed by atoms with Crippen LogP contribution in [0.25, 0.3) is 10.9 Å². The van der Waals surface area contributed by atoms with Crippen LogP contribution in [-0.4, -0.2) is 22.3 Å². The Hall–Kier alpha value is -1.85. The molecule has 112 valence electrons. The third kappa shape index (κ3) is 3.15. The molecule has 2 aromatic heterocycles. The number of benzene rings is 1. The Kier molecular flexibility index (Phi) is 4.45. The lowest BCUT2D eigenvalue weighted by molar-refractivity contribution is 0.0759. The molecule has 0 spiro atoms. The van der Waals surface area contributed by atoms with E-state index in [-0.39, 0.29) is 5.91 Å². The van der Waals surface area contributed by atoms with Crippen LogP contribution >= 0.6 is 27.3 Å². The summed E-state index contributed by atoms with van der Waals surface area (Å²) >= 11 is 5.10. The molecule has 3 rings (SSSR count). The maximum atomic E-state index is 12.8. The average Bonchev–Trinajstić information content (AvgIpc) is 3.14. The number of carbonyl (C=O) groups excluding carboxylic acids is 1. The monoisotopic (exact) mass is 374 g/mol. The molecule has 3 nitrogen and oxygen atoms in total. The molecule has 0 bridgehead atoms. The lowest BCUT2D eigenvalue weighted by atomic mass is 10.2. The Morgan fingerprint density at radius 3 is 2.95 bits per heavy atom. The quantitative estimate of drug-likeness (QED) is 0.638. The van der Waals surface area contributed by atoms with Crippen LogP contribution < -0.4 is 0 Å². The number of hydrogen-bond donors (Lipinski definition) is 1. The van der Waals surface area contributed by atoms with Crippen LogP contribution in [0.2, 0.25) is 0 Å². The van der Waals surface area contributed by atoms with Gasteiger partial charge in [-0.3, -0.25) is 4.79 Å². The number of aromatic amines is 1. The van der Waals surface area contributed by atoms with Gasteiger partial charge < -0.3 is 9.88 Å². The summed E-state index contributed by atoms with van der Waals surface area (Å²) in [5.74, 6) is -0.0133. The van der Waals surface area contributed by atoms with E-state index in [1.165, 1.54) is 0 Å². The van der Waals surface area contributed by atoms with Crippen LogP contribution in [0, 0.1) is 0 Å². The number of amides is 1. The highest BCUT2D eigenvalue weighted by atomic mass is 79.9. The number of rotatable bonds is 5. The van der Waals surface area contributed by atoms with E-state index in [9.17, 15) is 4.79 Å². The molecular formula is C17H15BrN2OS. The van der Waals surface area contributed by atoms with E-state index < -0.39 is 0 Å². The highest BCUT2D eigenvalue weighted by Crippen LogP contribution is 2.22. The van der Waals surface area contributed by atoms with Crippen LogP contribution in [0.1, 0.15) is 15.4 Å². The molecule has 2 heterocycles. The molecule has 1 N–H and O–H groups in total. The Labute approximate surface area is 141 Å². The molecule has 0 aliphatic heterocycles. The fourth-order valence-corrected chi connectivity index (χ4v) is 3.45. The molecule has 22 heavy (non-hydrogen) atoms. The van der Waals surface area contributed by atoms with Crippen molar-refractivity contribution in [1.29, 1.82) is 0 Å². The van der Waals surface area contributed by atoms with Crippen molar-refractivity contribution in [3.63, 3.8) is 0 Å². The standard InChI is InChI=1S/C17H15BrN2OS/c1-2-7-20(11-14-4-3-8-22-14)17(21)16-10-12-9-13(18)5-6-15(12)19-16/h2-6,8-10,19H,1,7,11H2. The molecule has 5 heteroatoms. The SMILES string of the molecule is C=CCN(Cc1cccs1)C(=O)c1cc2cc(Br)ccc2[nH]1. The molecule has 0 atom stereocenters. The molecule has 0 saturated heterocycles. The summed E-state index contributed by atoms with van der Waals surface area (Å²) in [5.41, 5.74) is 1.56. The van der Waals surface area contributed by atoms with E-state index in [0.29, 0.717) is 18.8 Å². The van der Waals surface area contributed by atoms with Gasteiger partial charge >= 0.3 is 0 Å². The van der Waals surface area contributed by atoms with Gasteiger partial charge in [0.05, 0.1) is 6.54 Å². The summed E-state index contributed by atoms with van der Waals surface area (Å²) in [7, 11) is 0. The molecule has 1 aromatic carbocycles. The summed E-state index contributed by atoms with van der Waals surface area (Å²) in [6, 6.07) is 11.9. The number of fused-ring (bicyclic) bond motifs is 1. The van der Waals surface area contributed by atoms with Gasteiger partial charge in [0.25, 0.3) is 5.91 Å². The Morgan fingerprint density at radius 2 is 2.23 bits per heavy atom. The lowest BCUT2D eigenvalue weighted by Gasteiger charge is -2.19. The van der Waals surface area contributed by atoms with Gasteiger partial charge in [0.1, 0.15) is 5.69 Å². The van der Waals surface area contributed by atoms with Gasteiger partial charge in [-0.25, -0.2) is 0 Å². The minimum atomic E-state index is -0.0133. The van der Waals surface area contributed by atoms with Gasteiger partial charge in [0.15, 0.2) is 0 Å². The first-order valence-corrected chi connectivity index (χ1v) is 8.55. The average molecular weight is 375 g/mol. The normalized spacial score (nSPS) is 10.8. The van der Waals surface area contributed by atoms with Crippen molar-refractivity contribution in [2.24, 2.45) is 0 Å². The summed E-state index contributed by atoms with van der Waals surface area (Å²) in [6.45, 7) is 4.88. The van der Waals surface area contributed by atoms with Crippen molar-refractivity contribution in [3.05, 3.63) is 69.5 Å². The van der Waals surface area contributed by atoms with Crippen molar-refractivity contribution < 1.29 is 4.79 Å². The molecule has 0 aliphatic rings. The van der Waals surface area contributed by atoms with Crippen molar-refractivity contribution in [3.8, 4) is 0 Å². The van der Waals surface area contributed by atoms with Gasteiger partial charge in [0.2, 0.25) is 0 Å². The molecular weight excluding hydrogens is 360 g/mol. The smallest absolute Gasteiger partial charge is 0.270 e. The van der Waals surface area contributed by atoms with E-state index in [0.717, 1.165) is 20.3 Å². The summed E-state index contributed by atoms with van der Waals surface area (Å²) in [5, 5.41) is 3.04. The molecule has 0 radical (unpaired) electrons. The van der Waals surface area contributed by atoms with Crippen LogP contribution in [0.15, 0.2) is 58.9 Å². The third-order valence-corrected chi connectivity index (χ3v) is 4.73. The van der Waals surface area contributed by atoms with E-state index in [4.69, 9.17) is 0 Å². The number of nitrogens with one attached hydrogen (secondary N) is 1. The molecule has 1 amide bonds. The van der Waals surface area contributed by atoms with E-state index >= 15 is 0 Å². The van der Waals surface area contributed by atoms with Gasteiger partial charge in [-0.05, 0) is 35.7 Å². The van der Waals surface area contributed by atoms with E-state index in [1.807, 2.05) is 41.8 Å². The predicted molar refractivity (Wildman–Crippen MR) is 95.3 cm³/mol. The molecule has 0 unspecified atom stereocenters. The van der Waals surface area contributed by atoms with Gasteiger partial charge in [0, 0.05) is 26.8 Å². The van der Waals surface area contributed by atoms with E-state index in [2.05, 4.69) is 27.5 Å². The number of thiophene rings is 1. The Morgan fingerprint density at radius 1 is 1.36 bits per heavy atom. The topological polar surface area (TPSA) is 36.1 Å². The fraction of sp³-hybridized carbons (Fsp3) is 0.118. The Bertz CT molecular complexity index is 807.